The van der Waals surface area contributed by atoms with Gasteiger partial charge in [-0.25, -0.2) is 4.79 Å². The molecule has 16 heavy (non-hydrogen) atoms. The molecule has 0 radical (unpaired) electrons. The molecule has 0 aliphatic heterocycles. The van der Waals surface area contributed by atoms with E-state index < -0.39 is 11.6 Å². The molecule has 1 rings (SSSR count). The van der Waals surface area contributed by atoms with Gasteiger partial charge in [0, 0.05) is 18.8 Å². The summed E-state index contributed by atoms with van der Waals surface area (Å²) in [5.74, 6) is -0.232. The highest BCUT2D eigenvalue weighted by atomic mass is 16.4. The number of aliphatic hydroxyl groups is 1. The zero-order chi connectivity index (χ0) is 12.0. The van der Waals surface area contributed by atoms with Gasteiger partial charge in [0.05, 0.1) is 5.60 Å². The average molecular weight is 227 g/mol. The van der Waals surface area contributed by atoms with E-state index in [1.807, 2.05) is 0 Å². The summed E-state index contributed by atoms with van der Waals surface area (Å²) in [5, 5.41) is 21.4. The summed E-state index contributed by atoms with van der Waals surface area (Å²) >= 11 is 0. The highest BCUT2D eigenvalue weighted by Crippen LogP contribution is 2.33. The Bertz CT molecular complexity index is 255. The van der Waals surface area contributed by atoms with Gasteiger partial charge in [-0.1, -0.05) is 13.3 Å². The number of nitrogens with one attached hydrogen (secondary N) is 1. The third-order valence-corrected chi connectivity index (χ3v) is 3.39. The first-order valence-corrected chi connectivity index (χ1v) is 5.91. The Morgan fingerprint density at radius 3 is 2.62 bits per heavy atom. The molecule has 4 nitrogen and oxygen atoms in total. The van der Waals surface area contributed by atoms with Crippen molar-refractivity contribution in [3.8, 4) is 0 Å². The molecule has 0 aromatic heterocycles. The van der Waals surface area contributed by atoms with E-state index in [2.05, 4.69) is 12.2 Å². The molecule has 0 aromatic rings. The van der Waals surface area contributed by atoms with Gasteiger partial charge >= 0.3 is 5.97 Å². The summed E-state index contributed by atoms with van der Waals surface area (Å²) in [5.41, 5.74) is -0.658. The van der Waals surface area contributed by atoms with Crippen LogP contribution < -0.4 is 5.32 Å². The molecule has 1 aliphatic rings. The topological polar surface area (TPSA) is 69.6 Å². The van der Waals surface area contributed by atoms with Crippen molar-refractivity contribution in [1.82, 2.24) is 5.32 Å². The lowest BCUT2D eigenvalue weighted by molar-refractivity contribution is -0.131. The Hall–Kier alpha value is -1.03. The van der Waals surface area contributed by atoms with Crippen LogP contribution in [-0.4, -0.2) is 28.3 Å². The Balaban J connectivity index is 2.28. The second-order valence-corrected chi connectivity index (χ2v) is 4.63. The largest absolute Gasteiger partial charge is 0.478 e. The van der Waals surface area contributed by atoms with Gasteiger partial charge in [0.15, 0.2) is 0 Å². The SMILES string of the molecule is CCC1CCC(O)(CN/C=C/C(=O)O)CC1. The van der Waals surface area contributed by atoms with Crippen molar-refractivity contribution in [2.75, 3.05) is 6.54 Å². The van der Waals surface area contributed by atoms with Crippen LogP contribution in [0.5, 0.6) is 0 Å². The van der Waals surface area contributed by atoms with Crippen LogP contribution in [0.4, 0.5) is 0 Å². The van der Waals surface area contributed by atoms with Crippen LogP contribution in [0.25, 0.3) is 0 Å². The Labute approximate surface area is 96.4 Å². The molecule has 1 saturated carbocycles. The number of carbonyl (C=O) groups is 1. The number of carboxylic acids is 1. The lowest BCUT2D eigenvalue weighted by Crippen LogP contribution is -2.42. The number of carboxylic acid groups (broad SMARTS) is 1. The van der Waals surface area contributed by atoms with Crippen molar-refractivity contribution in [2.45, 2.75) is 44.6 Å². The number of aliphatic carboxylic acids is 1. The van der Waals surface area contributed by atoms with Crippen LogP contribution in [0, 0.1) is 5.92 Å². The fourth-order valence-electron chi connectivity index (χ4n) is 2.18. The zero-order valence-corrected chi connectivity index (χ0v) is 9.78. The predicted octanol–water partition coefficient (Wildman–Crippen LogP) is 1.51. The molecule has 0 atom stereocenters. The van der Waals surface area contributed by atoms with Crippen molar-refractivity contribution < 1.29 is 15.0 Å². The van der Waals surface area contributed by atoms with Gasteiger partial charge in [0.25, 0.3) is 0 Å². The van der Waals surface area contributed by atoms with Gasteiger partial charge in [-0.3, -0.25) is 0 Å². The molecule has 3 N–H and O–H groups in total. The monoisotopic (exact) mass is 227 g/mol. The van der Waals surface area contributed by atoms with E-state index in [0.29, 0.717) is 6.54 Å². The smallest absolute Gasteiger partial charge is 0.329 e. The van der Waals surface area contributed by atoms with Crippen LogP contribution in [0.1, 0.15) is 39.0 Å². The maximum absolute atomic E-state index is 10.2. The molecule has 1 aliphatic carbocycles. The number of hydrogen-bond acceptors (Lipinski definition) is 3. The van der Waals surface area contributed by atoms with Gasteiger partial charge in [0.2, 0.25) is 0 Å². The summed E-state index contributed by atoms with van der Waals surface area (Å²) in [7, 11) is 0. The lowest BCUT2D eigenvalue weighted by Gasteiger charge is -2.35. The Morgan fingerprint density at radius 1 is 1.50 bits per heavy atom. The molecule has 4 heteroatoms. The molecule has 0 aromatic carbocycles. The van der Waals surface area contributed by atoms with Crippen molar-refractivity contribution in [2.24, 2.45) is 5.92 Å². The van der Waals surface area contributed by atoms with Crippen LogP contribution >= 0.6 is 0 Å². The summed E-state index contributed by atoms with van der Waals surface area (Å²) in [6, 6.07) is 0. The number of rotatable bonds is 5. The van der Waals surface area contributed by atoms with Gasteiger partial charge < -0.3 is 15.5 Å². The standard InChI is InChI=1S/C12H21NO3/c1-2-10-3-6-12(16,7-4-10)9-13-8-5-11(14)15/h5,8,10,13,16H,2-4,6-7,9H2,1H3,(H,14,15)/b8-5+. The second kappa shape index (κ2) is 5.89. The minimum Gasteiger partial charge on any atom is -0.478 e. The minimum atomic E-state index is -0.978. The van der Waals surface area contributed by atoms with Crippen molar-refractivity contribution in [3.63, 3.8) is 0 Å². The molecule has 0 spiro atoms. The van der Waals surface area contributed by atoms with E-state index in [1.54, 1.807) is 0 Å². The highest BCUT2D eigenvalue weighted by Gasteiger charge is 2.31. The van der Waals surface area contributed by atoms with Crippen molar-refractivity contribution in [1.29, 1.82) is 0 Å². The maximum atomic E-state index is 10.2. The molecule has 1 fully saturated rings. The third kappa shape index (κ3) is 4.23. The third-order valence-electron chi connectivity index (χ3n) is 3.39. The Kier molecular flexibility index (Phi) is 4.80. The molecular formula is C12H21NO3. The van der Waals surface area contributed by atoms with Crippen LogP contribution in [0.15, 0.2) is 12.3 Å². The quantitative estimate of drug-likeness (QED) is 0.623. The summed E-state index contributed by atoms with van der Waals surface area (Å²) in [6.45, 7) is 2.62. The molecule has 0 unspecified atom stereocenters. The molecule has 0 saturated heterocycles. The van der Waals surface area contributed by atoms with E-state index in [1.165, 1.54) is 12.6 Å². The van der Waals surface area contributed by atoms with Gasteiger partial charge in [-0.15, -0.1) is 0 Å². The first kappa shape index (κ1) is 13.0. The van der Waals surface area contributed by atoms with Crippen molar-refractivity contribution >= 4 is 5.97 Å². The van der Waals surface area contributed by atoms with Crippen LogP contribution in [0.2, 0.25) is 0 Å². The van der Waals surface area contributed by atoms with Crippen LogP contribution in [-0.2, 0) is 4.79 Å². The summed E-state index contributed by atoms with van der Waals surface area (Å²) in [4.78, 5) is 10.2. The van der Waals surface area contributed by atoms with E-state index in [-0.39, 0.29) is 0 Å². The first-order valence-electron chi connectivity index (χ1n) is 5.91. The molecule has 0 amide bonds. The van der Waals surface area contributed by atoms with E-state index in [0.717, 1.165) is 37.7 Å². The average Bonchev–Trinajstić information content (AvgIpc) is 2.26. The normalized spacial score (nSPS) is 30.5. The summed E-state index contributed by atoms with van der Waals surface area (Å²) in [6.07, 6.45) is 7.35. The first-order chi connectivity index (χ1) is 7.56. The van der Waals surface area contributed by atoms with Gasteiger partial charge in [-0.05, 0) is 31.6 Å². The van der Waals surface area contributed by atoms with Gasteiger partial charge in [0.1, 0.15) is 0 Å². The van der Waals surface area contributed by atoms with Crippen LogP contribution in [0.3, 0.4) is 0 Å². The molecule has 0 bridgehead atoms. The minimum absolute atomic E-state index is 0.438. The number of hydrogen-bond donors (Lipinski definition) is 3. The second-order valence-electron chi connectivity index (χ2n) is 4.63. The van der Waals surface area contributed by atoms with Gasteiger partial charge in [-0.2, -0.15) is 0 Å². The molecule has 92 valence electrons. The van der Waals surface area contributed by atoms with E-state index in [4.69, 9.17) is 5.11 Å². The highest BCUT2D eigenvalue weighted by molar-refractivity contribution is 5.79. The maximum Gasteiger partial charge on any atom is 0.329 e. The lowest BCUT2D eigenvalue weighted by atomic mass is 9.78. The predicted molar refractivity (Wildman–Crippen MR) is 62.0 cm³/mol. The Morgan fingerprint density at radius 2 is 2.12 bits per heavy atom. The van der Waals surface area contributed by atoms with E-state index >= 15 is 0 Å². The fourth-order valence-corrected chi connectivity index (χ4v) is 2.18. The van der Waals surface area contributed by atoms with E-state index in [9.17, 15) is 9.90 Å². The van der Waals surface area contributed by atoms with Crippen molar-refractivity contribution in [3.05, 3.63) is 12.3 Å². The molecular weight excluding hydrogens is 206 g/mol. The summed E-state index contributed by atoms with van der Waals surface area (Å²) < 4.78 is 0. The molecule has 0 heterocycles. The zero-order valence-electron chi connectivity index (χ0n) is 9.78. The fraction of sp³-hybridized carbons (Fsp3) is 0.750.